The van der Waals surface area contributed by atoms with Crippen LogP contribution >= 0.6 is 27.3 Å². The second kappa shape index (κ2) is 4.11. The van der Waals surface area contributed by atoms with E-state index in [2.05, 4.69) is 15.9 Å². The molecule has 1 saturated carbocycles. The van der Waals surface area contributed by atoms with Gasteiger partial charge in [-0.05, 0) is 46.1 Å². The van der Waals surface area contributed by atoms with Gasteiger partial charge in [-0.25, -0.2) is 0 Å². The molecule has 1 fully saturated rings. The average Bonchev–Trinajstić information content (AvgIpc) is 2.72. The van der Waals surface area contributed by atoms with Crippen LogP contribution in [0, 0.1) is 5.92 Å². The molecule has 72 valence electrons. The zero-order valence-corrected chi connectivity index (χ0v) is 9.77. The van der Waals surface area contributed by atoms with Crippen LogP contribution in [-0.4, -0.2) is 5.11 Å². The molecule has 13 heavy (non-hydrogen) atoms. The van der Waals surface area contributed by atoms with Crippen LogP contribution in [0.3, 0.4) is 0 Å². The first-order valence-electron chi connectivity index (χ1n) is 4.70. The summed E-state index contributed by atoms with van der Waals surface area (Å²) in [5.74, 6) is 0.495. The lowest BCUT2D eigenvalue weighted by atomic mass is 10.00. The first-order valence-corrected chi connectivity index (χ1v) is 6.37. The Hall–Kier alpha value is 0.140. The molecule has 0 amide bonds. The van der Waals surface area contributed by atoms with Gasteiger partial charge in [-0.2, -0.15) is 0 Å². The predicted molar refractivity (Wildman–Crippen MR) is 58.9 cm³/mol. The van der Waals surface area contributed by atoms with Gasteiger partial charge in [-0.3, -0.25) is 0 Å². The molecule has 2 rings (SSSR count). The van der Waals surface area contributed by atoms with E-state index < -0.39 is 0 Å². The van der Waals surface area contributed by atoms with Crippen molar-refractivity contribution in [2.45, 2.75) is 31.8 Å². The lowest BCUT2D eigenvalue weighted by Gasteiger charge is -2.16. The minimum absolute atomic E-state index is 0.239. The summed E-state index contributed by atoms with van der Waals surface area (Å²) >= 11 is 5.11. The standard InChI is InChI=1S/C10H13BrOS/c11-8-5-6-13-10(8)9(12)7-3-1-2-4-7/h5-7,9,12H,1-4H2. The Balaban J connectivity index is 2.12. The van der Waals surface area contributed by atoms with E-state index in [4.69, 9.17) is 0 Å². The monoisotopic (exact) mass is 260 g/mol. The Morgan fingerprint density at radius 3 is 2.69 bits per heavy atom. The molecular formula is C10H13BrOS. The van der Waals surface area contributed by atoms with Gasteiger partial charge in [0.2, 0.25) is 0 Å². The van der Waals surface area contributed by atoms with E-state index in [-0.39, 0.29) is 6.10 Å². The lowest BCUT2D eigenvalue weighted by Crippen LogP contribution is -2.07. The van der Waals surface area contributed by atoms with Gasteiger partial charge in [0.15, 0.2) is 0 Å². The van der Waals surface area contributed by atoms with Crippen molar-refractivity contribution >= 4 is 27.3 Å². The highest BCUT2D eigenvalue weighted by molar-refractivity contribution is 9.10. The molecule has 0 aliphatic heterocycles. The molecule has 1 N–H and O–H groups in total. The van der Waals surface area contributed by atoms with Gasteiger partial charge in [0, 0.05) is 9.35 Å². The highest BCUT2D eigenvalue weighted by atomic mass is 79.9. The molecule has 0 radical (unpaired) electrons. The van der Waals surface area contributed by atoms with Crippen molar-refractivity contribution in [2.24, 2.45) is 5.92 Å². The van der Waals surface area contributed by atoms with Gasteiger partial charge in [-0.1, -0.05) is 12.8 Å². The van der Waals surface area contributed by atoms with Crippen LogP contribution in [0.1, 0.15) is 36.7 Å². The van der Waals surface area contributed by atoms with Crippen molar-refractivity contribution in [3.05, 3.63) is 20.8 Å². The van der Waals surface area contributed by atoms with Crippen LogP contribution in [0.25, 0.3) is 0 Å². The van der Waals surface area contributed by atoms with Crippen LogP contribution in [-0.2, 0) is 0 Å². The van der Waals surface area contributed by atoms with Gasteiger partial charge in [0.05, 0.1) is 6.10 Å². The molecule has 0 saturated heterocycles. The van der Waals surface area contributed by atoms with Crippen molar-refractivity contribution in [1.29, 1.82) is 0 Å². The first kappa shape index (κ1) is 9.69. The van der Waals surface area contributed by atoms with Crippen LogP contribution < -0.4 is 0 Å². The molecule has 3 heteroatoms. The smallest absolute Gasteiger partial charge is 0.0921 e. The summed E-state index contributed by atoms with van der Waals surface area (Å²) in [4.78, 5) is 1.10. The molecule has 1 unspecified atom stereocenters. The quantitative estimate of drug-likeness (QED) is 0.859. The van der Waals surface area contributed by atoms with E-state index in [1.807, 2.05) is 11.4 Å². The van der Waals surface area contributed by atoms with Crippen molar-refractivity contribution in [2.75, 3.05) is 0 Å². The van der Waals surface area contributed by atoms with Crippen molar-refractivity contribution in [1.82, 2.24) is 0 Å². The summed E-state index contributed by atoms with van der Waals surface area (Å²) < 4.78 is 1.07. The number of hydrogen-bond acceptors (Lipinski definition) is 2. The molecule has 1 aromatic heterocycles. The topological polar surface area (TPSA) is 20.2 Å². The minimum Gasteiger partial charge on any atom is -0.387 e. The third kappa shape index (κ3) is 1.97. The summed E-state index contributed by atoms with van der Waals surface area (Å²) in [6, 6.07) is 2.01. The fourth-order valence-electron chi connectivity index (χ4n) is 2.00. The molecule has 1 aliphatic rings. The lowest BCUT2D eigenvalue weighted by molar-refractivity contribution is 0.114. The largest absolute Gasteiger partial charge is 0.387 e. The summed E-state index contributed by atoms with van der Waals surface area (Å²) in [7, 11) is 0. The van der Waals surface area contributed by atoms with E-state index in [0.717, 1.165) is 9.35 Å². The van der Waals surface area contributed by atoms with E-state index in [1.165, 1.54) is 25.7 Å². The van der Waals surface area contributed by atoms with E-state index in [1.54, 1.807) is 11.3 Å². The maximum absolute atomic E-state index is 10.1. The maximum Gasteiger partial charge on any atom is 0.0921 e. The average molecular weight is 261 g/mol. The molecule has 0 aromatic carbocycles. The second-order valence-corrected chi connectivity index (χ2v) is 5.42. The maximum atomic E-state index is 10.1. The summed E-state index contributed by atoms with van der Waals surface area (Å²) in [5.41, 5.74) is 0. The Morgan fingerprint density at radius 1 is 1.46 bits per heavy atom. The van der Waals surface area contributed by atoms with Gasteiger partial charge in [0.25, 0.3) is 0 Å². The zero-order chi connectivity index (χ0) is 9.26. The SMILES string of the molecule is OC(c1sccc1Br)C1CCCC1. The predicted octanol–water partition coefficient (Wildman–Crippen LogP) is 3.73. The number of rotatable bonds is 2. The Kier molecular flexibility index (Phi) is 3.06. The molecule has 0 bridgehead atoms. The number of thiophene rings is 1. The first-order chi connectivity index (χ1) is 6.29. The highest BCUT2D eigenvalue weighted by Gasteiger charge is 2.26. The van der Waals surface area contributed by atoms with E-state index in [9.17, 15) is 5.11 Å². The number of aliphatic hydroxyl groups excluding tert-OH is 1. The van der Waals surface area contributed by atoms with Crippen LogP contribution in [0.2, 0.25) is 0 Å². The van der Waals surface area contributed by atoms with Crippen LogP contribution in [0.5, 0.6) is 0 Å². The summed E-state index contributed by atoms with van der Waals surface area (Å²) in [6.45, 7) is 0. The molecule has 1 nitrogen and oxygen atoms in total. The van der Waals surface area contributed by atoms with Crippen molar-refractivity contribution in [3.8, 4) is 0 Å². The van der Waals surface area contributed by atoms with Gasteiger partial charge < -0.3 is 5.11 Å². The number of hydrogen-bond donors (Lipinski definition) is 1. The Labute approximate surface area is 90.9 Å². The van der Waals surface area contributed by atoms with Gasteiger partial charge in [-0.15, -0.1) is 11.3 Å². The Morgan fingerprint density at radius 2 is 2.15 bits per heavy atom. The molecule has 1 aromatic rings. The number of halogens is 1. The molecule has 0 spiro atoms. The summed E-state index contributed by atoms with van der Waals surface area (Å²) in [6.07, 6.45) is 4.70. The molecule has 1 atom stereocenters. The van der Waals surface area contributed by atoms with Crippen LogP contribution in [0.4, 0.5) is 0 Å². The van der Waals surface area contributed by atoms with Crippen molar-refractivity contribution in [3.63, 3.8) is 0 Å². The fraction of sp³-hybridized carbons (Fsp3) is 0.600. The normalized spacial score (nSPS) is 20.8. The highest BCUT2D eigenvalue weighted by Crippen LogP contribution is 2.40. The third-order valence-electron chi connectivity index (χ3n) is 2.76. The van der Waals surface area contributed by atoms with E-state index >= 15 is 0 Å². The summed E-state index contributed by atoms with van der Waals surface area (Å²) in [5, 5.41) is 12.1. The second-order valence-electron chi connectivity index (χ2n) is 3.62. The fourth-order valence-corrected chi connectivity index (χ4v) is 3.69. The van der Waals surface area contributed by atoms with E-state index in [0.29, 0.717) is 5.92 Å². The van der Waals surface area contributed by atoms with Crippen LogP contribution in [0.15, 0.2) is 15.9 Å². The minimum atomic E-state index is -0.239. The van der Waals surface area contributed by atoms with Crippen molar-refractivity contribution < 1.29 is 5.11 Å². The Bertz CT molecular complexity index is 278. The van der Waals surface area contributed by atoms with Gasteiger partial charge in [0.1, 0.15) is 0 Å². The van der Waals surface area contributed by atoms with Gasteiger partial charge >= 0.3 is 0 Å². The molecule has 1 aliphatic carbocycles. The third-order valence-corrected chi connectivity index (χ3v) is 4.70. The molecule has 1 heterocycles. The molecular weight excluding hydrogens is 248 g/mol. The number of aliphatic hydroxyl groups is 1. The zero-order valence-electron chi connectivity index (χ0n) is 7.37.